The second-order valence-corrected chi connectivity index (χ2v) is 8.30. The van der Waals surface area contributed by atoms with Gasteiger partial charge in [-0.1, -0.05) is 12.1 Å². The van der Waals surface area contributed by atoms with Gasteiger partial charge in [0.2, 0.25) is 5.91 Å². The van der Waals surface area contributed by atoms with Gasteiger partial charge in [-0.15, -0.1) is 0 Å². The van der Waals surface area contributed by atoms with Gasteiger partial charge in [0.05, 0.1) is 36.5 Å². The van der Waals surface area contributed by atoms with E-state index in [-0.39, 0.29) is 29.8 Å². The van der Waals surface area contributed by atoms with E-state index >= 15 is 0 Å². The molecule has 8 heteroatoms. The van der Waals surface area contributed by atoms with Crippen molar-refractivity contribution in [1.29, 1.82) is 0 Å². The Morgan fingerprint density at radius 2 is 2.08 bits per heavy atom. The van der Waals surface area contributed by atoms with E-state index in [9.17, 15) is 17.6 Å². The van der Waals surface area contributed by atoms with Crippen LogP contribution in [0.15, 0.2) is 47.1 Å². The predicted molar refractivity (Wildman–Crippen MR) is 91.2 cm³/mol. The number of sulfone groups is 1. The van der Waals surface area contributed by atoms with Crippen molar-refractivity contribution in [3.8, 4) is 0 Å². The van der Waals surface area contributed by atoms with Gasteiger partial charge in [-0.3, -0.25) is 9.69 Å². The van der Waals surface area contributed by atoms with Crippen molar-refractivity contribution >= 4 is 21.4 Å². The minimum Gasteiger partial charge on any atom is -0.468 e. The monoisotopic (exact) mass is 366 g/mol. The molecule has 1 atom stereocenters. The standard InChI is InChI=1S/C17H19FN2O4S/c18-15-5-1-2-6-16(15)19-17(21)11-20(10-14-4-3-8-24-14)13-7-9-25(22,23)12-13/h1-6,8,13H,7,9-12H2,(H,19,21)/t13-/m0/s1. The Kier molecular flexibility index (Phi) is 5.19. The molecule has 134 valence electrons. The van der Waals surface area contributed by atoms with Crippen molar-refractivity contribution in [3.05, 3.63) is 54.2 Å². The number of halogens is 1. The van der Waals surface area contributed by atoms with E-state index < -0.39 is 21.6 Å². The van der Waals surface area contributed by atoms with E-state index in [0.29, 0.717) is 18.7 Å². The number of carbonyl (C=O) groups is 1. The molecule has 0 saturated carbocycles. The Balaban J connectivity index is 1.70. The highest BCUT2D eigenvalue weighted by Gasteiger charge is 2.33. The quantitative estimate of drug-likeness (QED) is 0.846. The molecular formula is C17H19FN2O4S. The lowest BCUT2D eigenvalue weighted by atomic mass is 10.2. The topological polar surface area (TPSA) is 79.6 Å². The highest BCUT2D eigenvalue weighted by Crippen LogP contribution is 2.20. The van der Waals surface area contributed by atoms with Crippen LogP contribution in [0.5, 0.6) is 0 Å². The molecule has 1 saturated heterocycles. The Hall–Kier alpha value is -2.19. The van der Waals surface area contributed by atoms with E-state index in [1.54, 1.807) is 23.1 Å². The maximum atomic E-state index is 13.7. The molecule has 0 bridgehead atoms. The van der Waals surface area contributed by atoms with Gasteiger partial charge in [0.1, 0.15) is 11.6 Å². The number of nitrogens with zero attached hydrogens (tertiary/aromatic N) is 1. The molecule has 1 amide bonds. The number of hydrogen-bond acceptors (Lipinski definition) is 5. The smallest absolute Gasteiger partial charge is 0.238 e. The van der Waals surface area contributed by atoms with Gasteiger partial charge in [0.25, 0.3) is 0 Å². The zero-order chi connectivity index (χ0) is 17.9. The van der Waals surface area contributed by atoms with Crippen LogP contribution in [0.2, 0.25) is 0 Å². The Labute approximate surface area is 145 Å². The van der Waals surface area contributed by atoms with Crippen molar-refractivity contribution in [2.24, 2.45) is 0 Å². The summed E-state index contributed by atoms with van der Waals surface area (Å²) in [4.78, 5) is 14.1. The normalized spacial score (nSPS) is 19.2. The van der Waals surface area contributed by atoms with Crippen LogP contribution in [-0.2, 0) is 21.2 Å². The van der Waals surface area contributed by atoms with Gasteiger partial charge in [0.15, 0.2) is 9.84 Å². The summed E-state index contributed by atoms with van der Waals surface area (Å²) in [7, 11) is -3.08. The number of para-hydroxylation sites is 1. The first-order chi connectivity index (χ1) is 11.9. The summed E-state index contributed by atoms with van der Waals surface area (Å²) in [5.41, 5.74) is 0.101. The number of benzene rings is 1. The number of furan rings is 1. The third kappa shape index (κ3) is 4.67. The van der Waals surface area contributed by atoms with E-state index in [1.165, 1.54) is 24.5 Å². The summed E-state index contributed by atoms with van der Waals surface area (Å²) in [6.45, 7) is 0.271. The van der Waals surface area contributed by atoms with Crippen molar-refractivity contribution in [2.45, 2.75) is 19.0 Å². The molecule has 0 aliphatic carbocycles. The van der Waals surface area contributed by atoms with Crippen LogP contribution in [-0.4, -0.2) is 43.3 Å². The van der Waals surface area contributed by atoms with E-state index in [4.69, 9.17) is 4.42 Å². The van der Waals surface area contributed by atoms with Crippen LogP contribution in [0.1, 0.15) is 12.2 Å². The molecule has 6 nitrogen and oxygen atoms in total. The highest BCUT2D eigenvalue weighted by atomic mass is 32.2. The molecule has 1 N–H and O–H groups in total. The molecule has 1 aromatic carbocycles. The number of carbonyl (C=O) groups excluding carboxylic acids is 1. The van der Waals surface area contributed by atoms with Crippen molar-refractivity contribution in [2.75, 3.05) is 23.4 Å². The second kappa shape index (κ2) is 7.37. The van der Waals surface area contributed by atoms with Gasteiger partial charge >= 0.3 is 0 Å². The molecule has 1 aliphatic rings. The van der Waals surface area contributed by atoms with Crippen molar-refractivity contribution in [1.82, 2.24) is 4.90 Å². The van der Waals surface area contributed by atoms with E-state index in [2.05, 4.69) is 5.32 Å². The largest absolute Gasteiger partial charge is 0.468 e. The number of amides is 1. The van der Waals surface area contributed by atoms with E-state index in [0.717, 1.165) is 0 Å². The van der Waals surface area contributed by atoms with Crippen molar-refractivity contribution < 1.29 is 22.0 Å². The third-order valence-corrected chi connectivity index (χ3v) is 5.91. The first-order valence-corrected chi connectivity index (χ1v) is 9.76. The first kappa shape index (κ1) is 17.6. The number of rotatable bonds is 6. The number of nitrogens with one attached hydrogen (secondary N) is 1. The van der Waals surface area contributed by atoms with Gasteiger partial charge in [-0.2, -0.15) is 0 Å². The van der Waals surface area contributed by atoms with E-state index in [1.807, 2.05) is 0 Å². The van der Waals surface area contributed by atoms with Crippen LogP contribution in [0.4, 0.5) is 10.1 Å². The summed E-state index contributed by atoms with van der Waals surface area (Å²) in [5.74, 6) is -0.150. The Bertz CT molecular complexity index is 836. The zero-order valence-corrected chi connectivity index (χ0v) is 14.3. The van der Waals surface area contributed by atoms with Crippen LogP contribution in [0.3, 0.4) is 0 Å². The number of anilines is 1. The summed E-state index contributed by atoms with van der Waals surface area (Å²) in [6.07, 6.45) is 1.99. The average Bonchev–Trinajstić information content (AvgIpc) is 3.18. The molecule has 0 radical (unpaired) electrons. The van der Waals surface area contributed by atoms with Crippen LogP contribution in [0, 0.1) is 5.82 Å². The van der Waals surface area contributed by atoms with Gasteiger partial charge in [0, 0.05) is 6.04 Å². The fourth-order valence-electron chi connectivity index (χ4n) is 2.92. The second-order valence-electron chi connectivity index (χ2n) is 6.07. The lowest BCUT2D eigenvalue weighted by Crippen LogP contribution is -2.41. The van der Waals surface area contributed by atoms with Crippen LogP contribution in [0.25, 0.3) is 0 Å². The van der Waals surface area contributed by atoms with Crippen molar-refractivity contribution in [3.63, 3.8) is 0 Å². The molecule has 1 aliphatic heterocycles. The fraction of sp³-hybridized carbons (Fsp3) is 0.353. The Morgan fingerprint density at radius 1 is 1.28 bits per heavy atom. The molecule has 25 heavy (non-hydrogen) atoms. The minimum absolute atomic E-state index is 0.0146. The highest BCUT2D eigenvalue weighted by molar-refractivity contribution is 7.91. The third-order valence-electron chi connectivity index (χ3n) is 4.16. The van der Waals surface area contributed by atoms with Gasteiger partial charge < -0.3 is 9.73 Å². The predicted octanol–water partition coefficient (Wildman–Crippen LogP) is 2.05. The van der Waals surface area contributed by atoms with Crippen LogP contribution >= 0.6 is 0 Å². The van der Waals surface area contributed by atoms with Gasteiger partial charge in [-0.25, -0.2) is 12.8 Å². The molecule has 0 spiro atoms. The average molecular weight is 366 g/mol. The SMILES string of the molecule is O=C(CN(Cc1ccco1)[C@H]1CCS(=O)(=O)C1)Nc1ccccc1F. The maximum absolute atomic E-state index is 13.7. The molecule has 1 fully saturated rings. The lowest BCUT2D eigenvalue weighted by Gasteiger charge is -2.26. The summed E-state index contributed by atoms with van der Waals surface area (Å²) in [6, 6.07) is 9.15. The Morgan fingerprint density at radius 3 is 2.72 bits per heavy atom. The molecule has 2 heterocycles. The fourth-order valence-corrected chi connectivity index (χ4v) is 4.68. The summed E-state index contributed by atoms with van der Waals surface area (Å²) < 4.78 is 42.5. The molecule has 1 aromatic heterocycles. The summed E-state index contributed by atoms with van der Waals surface area (Å²) >= 11 is 0. The van der Waals surface area contributed by atoms with Crippen LogP contribution < -0.4 is 5.32 Å². The zero-order valence-electron chi connectivity index (χ0n) is 13.5. The molecule has 2 aromatic rings. The van der Waals surface area contributed by atoms with Gasteiger partial charge in [-0.05, 0) is 30.7 Å². The summed E-state index contributed by atoms with van der Waals surface area (Å²) in [5, 5.41) is 2.53. The molecular weight excluding hydrogens is 347 g/mol. The molecule has 0 unspecified atom stereocenters. The minimum atomic E-state index is -3.08. The number of hydrogen-bond donors (Lipinski definition) is 1. The first-order valence-electron chi connectivity index (χ1n) is 7.94. The maximum Gasteiger partial charge on any atom is 0.238 e. The lowest BCUT2D eigenvalue weighted by molar-refractivity contribution is -0.118. The molecule has 3 rings (SSSR count).